The predicted octanol–water partition coefficient (Wildman–Crippen LogP) is 0.504. The van der Waals surface area contributed by atoms with Gasteiger partial charge in [0, 0.05) is 18.5 Å². The molecule has 7 nitrogen and oxygen atoms in total. The number of nitrogens with one attached hydrogen (secondary N) is 3. The second kappa shape index (κ2) is 8.28. The molecular weight excluding hydrogens is 296 g/mol. The van der Waals surface area contributed by atoms with Gasteiger partial charge in [-0.05, 0) is 38.1 Å². The summed E-state index contributed by atoms with van der Waals surface area (Å²) in [4.78, 5) is 36.5. The van der Waals surface area contributed by atoms with Gasteiger partial charge in [-0.25, -0.2) is 0 Å². The number of hydrazine groups is 1. The van der Waals surface area contributed by atoms with Gasteiger partial charge in [-0.3, -0.25) is 30.1 Å². The summed E-state index contributed by atoms with van der Waals surface area (Å²) >= 11 is 0. The van der Waals surface area contributed by atoms with Gasteiger partial charge in [0.25, 0.3) is 5.91 Å². The molecule has 0 atom stereocenters. The van der Waals surface area contributed by atoms with E-state index < -0.39 is 0 Å². The minimum atomic E-state index is -0.311. The van der Waals surface area contributed by atoms with E-state index in [9.17, 15) is 14.4 Å². The minimum absolute atomic E-state index is 0.0264. The number of piperidine rings is 1. The number of hydrogen-bond donors (Lipinski definition) is 3. The van der Waals surface area contributed by atoms with E-state index >= 15 is 0 Å². The van der Waals surface area contributed by atoms with E-state index in [1.54, 1.807) is 0 Å². The molecule has 0 spiro atoms. The van der Waals surface area contributed by atoms with Gasteiger partial charge in [0.1, 0.15) is 0 Å². The molecule has 0 saturated carbocycles. The van der Waals surface area contributed by atoms with Crippen LogP contribution in [0.25, 0.3) is 0 Å². The van der Waals surface area contributed by atoms with Crippen LogP contribution in [-0.4, -0.2) is 42.3 Å². The van der Waals surface area contributed by atoms with Crippen molar-refractivity contribution in [2.24, 2.45) is 5.92 Å². The van der Waals surface area contributed by atoms with E-state index in [1.165, 1.54) is 6.92 Å². The Hall–Kier alpha value is -2.41. The number of amides is 3. The lowest BCUT2D eigenvalue weighted by Crippen LogP contribution is -2.48. The average molecular weight is 318 g/mol. The molecule has 3 amide bonds. The number of hydrogen-bond acceptors (Lipinski definition) is 4. The van der Waals surface area contributed by atoms with Crippen molar-refractivity contribution in [3.63, 3.8) is 0 Å². The molecule has 1 aliphatic rings. The van der Waals surface area contributed by atoms with E-state index in [4.69, 9.17) is 0 Å². The fraction of sp³-hybridized carbons (Fsp3) is 0.438. The summed E-state index contributed by atoms with van der Waals surface area (Å²) in [5.41, 5.74) is 5.40. The Morgan fingerprint density at radius 1 is 1.09 bits per heavy atom. The number of likely N-dealkylation sites (tertiary alicyclic amines) is 1. The molecule has 2 rings (SSSR count). The molecule has 0 bridgehead atoms. The monoisotopic (exact) mass is 318 g/mol. The topological polar surface area (TPSA) is 90.5 Å². The van der Waals surface area contributed by atoms with Gasteiger partial charge in [-0.2, -0.15) is 0 Å². The predicted molar refractivity (Wildman–Crippen MR) is 86.2 cm³/mol. The molecule has 0 aliphatic carbocycles. The van der Waals surface area contributed by atoms with Crippen molar-refractivity contribution in [3.8, 4) is 0 Å². The van der Waals surface area contributed by atoms with Crippen molar-refractivity contribution in [2.75, 3.05) is 25.0 Å². The van der Waals surface area contributed by atoms with E-state index in [0.717, 1.165) is 5.69 Å². The number of carbonyl (C=O) groups excluding carboxylic acids is 3. The van der Waals surface area contributed by atoms with Crippen molar-refractivity contribution in [1.82, 2.24) is 15.8 Å². The van der Waals surface area contributed by atoms with Gasteiger partial charge >= 0.3 is 0 Å². The highest BCUT2D eigenvalue weighted by Gasteiger charge is 2.25. The highest BCUT2D eigenvalue weighted by atomic mass is 16.2. The SMILES string of the molecule is CC(=O)NNC(=O)CN1CCC(C(=O)Nc2ccccc2)CC1. The Morgan fingerprint density at radius 2 is 1.74 bits per heavy atom. The second-order valence-corrected chi connectivity index (χ2v) is 5.64. The lowest BCUT2D eigenvalue weighted by Gasteiger charge is -2.30. The van der Waals surface area contributed by atoms with Crippen molar-refractivity contribution in [2.45, 2.75) is 19.8 Å². The lowest BCUT2D eigenvalue weighted by atomic mass is 9.96. The number of nitrogens with zero attached hydrogens (tertiary/aromatic N) is 1. The first-order valence-corrected chi connectivity index (χ1v) is 7.68. The number of carbonyl (C=O) groups is 3. The zero-order valence-electron chi connectivity index (χ0n) is 13.2. The molecule has 1 aromatic rings. The molecule has 0 radical (unpaired) electrons. The van der Waals surface area contributed by atoms with Crippen LogP contribution in [0, 0.1) is 5.92 Å². The summed E-state index contributed by atoms with van der Waals surface area (Å²) in [6, 6.07) is 9.39. The largest absolute Gasteiger partial charge is 0.326 e. The van der Waals surface area contributed by atoms with Crippen LogP contribution < -0.4 is 16.2 Å². The number of rotatable bonds is 4. The number of benzene rings is 1. The van der Waals surface area contributed by atoms with Gasteiger partial charge in [-0.15, -0.1) is 0 Å². The van der Waals surface area contributed by atoms with Crippen LogP contribution in [0.3, 0.4) is 0 Å². The van der Waals surface area contributed by atoms with Crippen LogP contribution in [-0.2, 0) is 14.4 Å². The van der Waals surface area contributed by atoms with E-state index in [1.807, 2.05) is 35.2 Å². The quantitative estimate of drug-likeness (QED) is 0.705. The first-order valence-electron chi connectivity index (χ1n) is 7.68. The first-order chi connectivity index (χ1) is 11.0. The zero-order valence-corrected chi connectivity index (χ0v) is 13.2. The molecule has 7 heteroatoms. The minimum Gasteiger partial charge on any atom is -0.326 e. The molecule has 1 fully saturated rings. The molecule has 1 saturated heterocycles. The third-order valence-corrected chi connectivity index (χ3v) is 3.74. The number of para-hydroxylation sites is 1. The maximum Gasteiger partial charge on any atom is 0.252 e. The molecule has 3 N–H and O–H groups in total. The van der Waals surface area contributed by atoms with Gasteiger partial charge in [0.05, 0.1) is 6.54 Å². The lowest BCUT2D eigenvalue weighted by molar-refractivity contribution is -0.129. The van der Waals surface area contributed by atoms with Crippen LogP contribution in [0.15, 0.2) is 30.3 Å². The van der Waals surface area contributed by atoms with Crippen molar-refractivity contribution in [1.29, 1.82) is 0 Å². The maximum absolute atomic E-state index is 12.2. The highest BCUT2D eigenvalue weighted by Crippen LogP contribution is 2.19. The first kappa shape index (κ1) is 17.0. The summed E-state index contributed by atoms with van der Waals surface area (Å²) in [5, 5.41) is 2.92. The third-order valence-electron chi connectivity index (χ3n) is 3.74. The fourth-order valence-electron chi connectivity index (χ4n) is 2.52. The molecule has 23 heavy (non-hydrogen) atoms. The third kappa shape index (κ3) is 5.71. The summed E-state index contributed by atoms with van der Waals surface area (Å²) in [5.74, 6) is -0.578. The fourth-order valence-corrected chi connectivity index (χ4v) is 2.52. The Balaban J connectivity index is 1.72. The van der Waals surface area contributed by atoms with E-state index in [2.05, 4.69) is 16.2 Å². The van der Waals surface area contributed by atoms with Crippen LogP contribution >= 0.6 is 0 Å². The van der Waals surface area contributed by atoms with Crippen LogP contribution in [0.1, 0.15) is 19.8 Å². The summed E-state index contributed by atoms with van der Waals surface area (Å²) in [7, 11) is 0. The standard InChI is InChI=1S/C16H22N4O3/c1-12(21)18-19-15(22)11-20-9-7-13(8-10-20)16(23)17-14-5-3-2-4-6-14/h2-6,13H,7-11H2,1H3,(H,17,23)(H,18,21)(H,19,22). The van der Waals surface area contributed by atoms with Crippen LogP contribution in [0.4, 0.5) is 5.69 Å². The molecule has 124 valence electrons. The molecule has 0 aromatic heterocycles. The Kier molecular flexibility index (Phi) is 6.10. The van der Waals surface area contributed by atoms with Crippen LogP contribution in [0.5, 0.6) is 0 Å². The Bertz CT molecular complexity index is 554. The molecular formula is C16H22N4O3. The van der Waals surface area contributed by atoms with Gasteiger partial charge in [0.2, 0.25) is 11.8 Å². The Morgan fingerprint density at radius 3 is 2.35 bits per heavy atom. The maximum atomic E-state index is 12.2. The molecule has 1 aromatic carbocycles. The van der Waals surface area contributed by atoms with Crippen LogP contribution in [0.2, 0.25) is 0 Å². The summed E-state index contributed by atoms with van der Waals surface area (Å²) in [6.07, 6.45) is 1.43. The normalized spacial score (nSPS) is 15.7. The van der Waals surface area contributed by atoms with E-state index in [0.29, 0.717) is 25.9 Å². The Labute approximate surface area is 135 Å². The van der Waals surface area contributed by atoms with E-state index in [-0.39, 0.29) is 30.2 Å². The molecule has 0 unspecified atom stereocenters. The van der Waals surface area contributed by atoms with Gasteiger partial charge in [-0.1, -0.05) is 18.2 Å². The summed E-state index contributed by atoms with van der Waals surface area (Å²) < 4.78 is 0. The number of anilines is 1. The highest BCUT2D eigenvalue weighted by molar-refractivity contribution is 5.92. The molecule has 1 aliphatic heterocycles. The molecule has 1 heterocycles. The van der Waals surface area contributed by atoms with Gasteiger partial charge in [0.15, 0.2) is 0 Å². The van der Waals surface area contributed by atoms with Crippen molar-refractivity contribution in [3.05, 3.63) is 30.3 Å². The van der Waals surface area contributed by atoms with Crippen molar-refractivity contribution >= 4 is 23.4 Å². The smallest absolute Gasteiger partial charge is 0.252 e. The average Bonchev–Trinajstić information content (AvgIpc) is 2.54. The van der Waals surface area contributed by atoms with Gasteiger partial charge < -0.3 is 5.32 Å². The second-order valence-electron chi connectivity index (χ2n) is 5.64. The summed E-state index contributed by atoms with van der Waals surface area (Å²) in [6.45, 7) is 2.91. The van der Waals surface area contributed by atoms with Crippen molar-refractivity contribution < 1.29 is 14.4 Å². The zero-order chi connectivity index (χ0) is 16.7.